The summed E-state index contributed by atoms with van der Waals surface area (Å²) in [6.45, 7) is 2.15. The highest BCUT2D eigenvalue weighted by Gasteiger charge is 2.40. The van der Waals surface area contributed by atoms with E-state index in [-0.39, 0.29) is 0 Å². The molecule has 9 rings (SSSR count). The van der Waals surface area contributed by atoms with Crippen molar-refractivity contribution in [2.45, 2.75) is 29.6 Å². The van der Waals surface area contributed by atoms with Crippen LogP contribution in [0.2, 0.25) is 0 Å². The first-order valence-electron chi connectivity index (χ1n) is 15.5. The fraction of sp³-hybridized carbons (Fsp3) is 0.0732. The molecule has 7 aromatic carbocycles. The zero-order valence-corrected chi connectivity index (χ0v) is 25.6. The van der Waals surface area contributed by atoms with Crippen molar-refractivity contribution in [1.82, 2.24) is 0 Å². The Morgan fingerprint density at radius 2 is 1.07 bits per heavy atom. The van der Waals surface area contributed by atoms with Gasteiger partial charge in [-0.3, -0.25) is 0 Å². The van der Waals surface area contributed by atoms with Crippen molar-refractivity contribution in [3.63, 3.8) is 0 Å². The van der Waals surface area contributed by atoms with E-state index in [9.17, 15) is 8.42 Å². The van der Waals surface area contributed by atoms with Crippen LogP contribution in [0, 0.1) is 0 Å². The van der Waals surface area contributed by atoms with Crippen molar-refractivity contribution in [2.75, 3.05) is 4.90 Å². The monoisotopic (exact) mass is 599 g/mol. The smallest absolute Gasteiger partial charge is 0.210 e. The van der Waals surface area contributed by atoms with E-state index in [1.165, 1.54) is 21.9 Å². The third-order valence-corrected chi connectivity index (χ3v) is 11.4. The quantitative estimate of drug-likeness (QED) is 0.190. The summed E-state index contributed by atoms with van der Waals surface area (Å²) in [5.41, 5.74) is 8.08. The Kier molecular flexibility index (Phi) is 5.63. The first kappa shape index (κ1) is 26.2. The molecule has 4 heteroatoms. The molecule has 7 aromatic rings. The predicted molar refractivity (Wildman–Crippen MR) is 186 cm³/mol. The van der Waals surface area contributed by atoms with Crippen LogP contribution in [-0.4, -0.2) is 8.42 Å². The molecule has 45 heavy (non-hydrogen) atoms. The van der Waals surface area contributed by atoms with E-state index in [4.69, 9.17) is 0 Å². The van der Waals surface area contributed by atoms with Gasteiger partial charge in [0.2, 0.25) is 9.84 Å². The van der Waals surface area contributed by atoms with Gasteiger partial charge in [0.15, 0.2) is 0 Å². The summed E-state index contributed by atoms with van der Waals surface area (Å²) in [5.74, 6) is 0. The molecule has 2 heterocycles. The van der Waals surface area contributed by atoms with Crippen molar-refractivity contribution in [3.05, 3.63) is 145 Å². The first-order valence-corrected chi connectivity index (χ1v) is 17.0. The average molecular weight is 600 g/mol. The number of fused-ring (bicyclic) bond motifs is 5. The minimum atomic E-state index is -3.75. The molecule has 0 fully saturated rings. The lowest BCUT2D eigenvalue weighted by molar-refractivity contribution is 0.594. The van der Waals surface area contributed by atoms with Gasteiger partial charge < -0.3 is 4.90 Å². The van der Waals surface area contributed by atoms with Crippen LogP contribution in [0.4, 0.5) is 11.4 Å². The number of sulfone groups is 1. The lowest BCUT2D eigenvalue weighted by Crippen LogP contribution is -2.29. The molecule has 2 aliphatic heterocycles. The second kappa shape index (κ2) is 9.65. The van der Waals surface area contributed by atoms with Gasteiger partial charge in [0.1, 0.15) is 0 Å². The summed E-state index contributed by atoms with van der Waals surface area (Å²) in [5, 5.41) is 6.90. The van der Waals surface area contributed by atoms with Gasteiger partial charge >= 0.3 is 0 Å². The van der Waals surface area contributed by atoms with E-state index in [2.05, 4.69) is 121 Å². The van der Waals surface area contributed by atoms with E-state index in [1.54, 1.807) is 12.1 Å². The second-order valence-electron chi connectivity index (χ2n) is 11.9. The van der Waals surface area contributed by atoms with Gasteiger partial charge in [-0.25, -0.2) is 8.42 Å². The van der Waals surface area contributed by atoms with E-state index < -0.39 is 9.84 Å². The van der Waals surface area contributed by atoms with Gasteiger partial charge in [-0.1, -0.05) is 128 Å². The Morgan fingerprint density at radius 1 is 0.556 bits per heavy atom. The molecule has 2 aliphatic rings. The molecule has 216 valence electrons. The minimum Gasteiger partial charge on any atom is -0.311 e. The van der Waals surface area contributed by atoms with E-state index >= 15 is 0 Å². The zero-order chi connectivity index (χ0) is 30.3. The third-order valence-electron chi connectivity index (χ3n) is 9.57. The number of rotatable bonds is 3. The van der Waals surface area contributed by atoms with Crippen LogP contribution in [-0.2, 0) is 16.3 Å². The van der Waals surface area contributed by atoms with Crippen molar-refractivity contribution in [3.8, 4) is 22.3 Å². The molecular weight excluding hydrogens is 571 g/mol. The molecule has 0 unspecified atom stereocenters. The molecule has 0 N–H and O–H groups in total. The highest BCUT2D eigenvalue weighted by Crippen LogP contribution is 2.55. The van der Waals surface area contributed by atoms with Crippen LogP contribution in [0.25, 0.3) is 54.6 Å². The van der Waals surface area contributed by atoms with E-state index in [0.29, 0.717) is 9.79 Å². The van der Waals surface area contributed by atoms with Crippen LogP contribution in [0.5, 0.6) is 0 Å². The van der Waals surface area contributed by atoms with E-state index in [1.807, 2.05) is 12.1 Å². The maximum atomic E-state index is 14.4. The maximum Gasteiger partial charge on any atom is 0.210 e. The minimum absolute atomic E-state index is 0.359. The summed E-state index contributed by atoms with van der Waals surface area (Å²) in [6, 6.07) is 43.7. The summed E-state index contributed by atoms with van der Waals surface area (Å²) in [4.78, 5) is 2.99. The number of anilines is 2. The molecule has 0 radical (unpaired) electrons. The largest absolute Gasteiger partial charge is 0.311 e. The van der Waals surface area contributed by atoms with Gasteiger partial charge in [-0.2, -0.15) is 0 Å². The SMILES string of the molecule is CCC1=CCc2cccc3c2N1c1c(-c2c4ccccc4c(-c4cccc5ccccc45)c4ccccc24)cccc1S3(=O)=O. The highest BCUT2D eigenvalue weighted by molar-refractivity contribution is 7.92. The van der Waals surface area contributed by atoms with Crippen LogP contribution in [0.1, 0.15) is 18.9 Å². The van der Waals surface area contributed by atoms with Gasteiger partial charge in [0.25, 0.3) is 0 Å². The van der Waals surface area contributed by atoms with Crippen LogP contribution in [0.3, 0.4) is 0 Å². The third kappa shape index (κ3) is 3.60. The molecule has 3 nitrogen and oxygen atoms in total. The maximum absolute atomic E-state index is 14.4. The second-order valence-corrected chi connectivity index (χ2v) is 13.8. The topological polar surface area (TPSA) is 37.4 Å². The highest BCUT2D eigenvalue weighted by atomic mass is 32.2. The number of hydrogen-bond donors (Lipinski definition) is 0. The average Bonchev–Trinajstić information content (AvgIpc) is 3.09. The van der Waals surface area contributed by atoms with Gasteiger partial charge in [-0.05, 0) is 79.5 Å². The number of allylic oxidation sites excluding steroid dienone is 2. The van der Waals surface area contributed by atoms with Crippen molar-refractivity contribution in [2.24, 2.45) is 0 Å². The Morgan fingerprint density at radius 3 is 1.73 bits per heavy atom. The molecule has 0 saturated heterocycles. The Balaban J connectivity index is 1.44. The zero-order valence-electron chi connectivity index (χ0n) is 24.8. The molecule has 0 saturated carbocycles. The van der Waals surface area contributed by atoms with Crippen molar-refractivity contribution in [1.29, 1.82) is 0 Å². The normalized spacial score (nSPS) is 14.8. The fourth-order valence-corrected chi connectivity index (χ4v) is 9.35. The Bertz CT molecular complexity index is 2460. The Hall–Kier alpha value is -5.19. The van der Waals surface area contributed by atoms with Gasteiger partial charge in [-0.15, -0.1) is 0 Å². The number of para-hydroxylation sites is 2. The van der Waals surface area contributed by atoms with Crippen molar-refractivity contribution >= 4 is 53.5 Å². The summed E-state index contributed by atoms with van der Waals surface area (Å²) < 4.78 is 28.7. The molecule has 0 aliphatic carbocycles. The summed E-state index contributed by atoms with van der Waals surface area (Å²) in [6.07, 6.45) is 3.77. The summed E-state index contributed by atoms with van der Waals surface area (Å²) in [7, 11) is -3.75. The molecule has 0 amide bonds. The molecule has 0 bridgehead atoms. The van der Waals surface area contributed by atoms with Crippen LogP contribution in [0.15, 0.2) is 149 Å². The van der Waals surface area contributed by atoms with Crippen LogP contribution >= 0.6 is 0 Å². The molecule has 0 spiro atoms. The van der Waals surface area contributed by atoms with Gasteiger partial charge in [0.05, 0.1) is 21.2 Å². The predicted octanol–water partition coefficient (Wildman–Crippen LogP) is 10.6. The molecular formula is C41H29NO2S. The Labute approximate surface area is 262 Å². The number of benzene rings is 7. The fourth-order valence-electron chi connectivity index (χ4n) is 7.67. The van der Waals surface area contributed by atoms with E-state index in [0.717, 1.165) is 68.1 Å². The lowest BCUT2D eigenvalue weighted by Gasteiger charge is -2.39. The van der Waals surface area contributed by atoms with Gasteiger partial charge in [0, 0.05) is 11.3 Å². The van der Waals surface area contributed by atoms with Crippen molar-refractivity contribution < 1.29 is 8.42 Å². The number of hydrogen-bond acceptors (Lipinski definition) is 3. The first-order chi connectivity index (χ1) is 22.1. The summed E-state index contributed by atoms with van der Waals surface area (Å²) >= 11 is 0. The molecule has 0 atom stereocenters. The number of nitrogens with zero attached hydrogens (tertiary/aromatic N) is 1. The molecule has 0 aromatic heterocycles. The lowest BCUT2D eigenvalue weighted by atomic mass is 9.84. The van der Waals surface area contributed by atoms with Crippen LogP contribution < -0.4 is 4.90 Å². The standard InChI is InChI=1S/C41H29NO2S/c1-2-28-25-24-27-14-10-22-36-40(27)42(28)41-35(21-11-23-37(41)45(36,43)44)39-33-18-7-5-16-31(33)38(32-17-6-8-19-34(32)39)30-20-9-13-26-12-3-4-15-29(26)30/h3-23,25H,2,24H2,1H3.